The lowest BCUT2D eigenvalue weighted by Crippen LogP contribution is -2.13. The number of anilines is 1. The van der Waals surface area contributed by atoms with E-state index in [0.29, 0.717) is 22.7 Å². The summed E-state index contributed by atoms with van der Waals surface area (Å²) >= 11 is 4.84. The SMILES string of the molecule is Cc1onc(-c2ccc(Br)s2)c1C(=O)Nc1ccc(F)cc1. The molecule has 0 saturated carbocycles. The van der Waals surface area contributed by atoms with Crippen LogP contribution in [-0.2, 0) is 0 Å². The van der Waals surface area contributed by atoms with Crippen LogP contribution in [0.4, 0.5) is 10.1 Å². The van der Waals surface area contributed by atoms with Gasteiger partial charge in [-0.3, -0.25) is 4.79 Å². The molecule has 4 nitrogen and oxygen atoms in total. The second-order valence-corrected chi connectivity index (χ2v) is 6.99. The summed E-state index contributed by atoms with van der Waals surface area (Å²) in [5, 5.41) is 6.69. The van der Waals surface area contributed by atoms with Crippen molar-refractivity contribution in [3.05, 3.63) is 57.3 Å². The fourth-order valence-corrected chi connectivity index (χ4v) is 3.35. The molecule has 1 amide bonds. The molecule has 112 valence electrons. The number of carbonyl (C=O) groups excluding carboxylic acids is 1. The molecule has 1 aromatic carbocycles. The van der Waals surface area contributed by atoms with Gasteiger partial charge < -0.3 is 9.84 Å². The van der Waals surface area contributed by atoms with Crippen LogP contribution < -0.4 is 5.32 Å². The highest BCUT2D eigenvalue weighted by atomic mass is 79.9. The van der Waals surface area contributed by atoms with Gasteiger partial charge in [-0.1, -0.05) is 5.16 Å². The normalized spacial score (nSPS) is 10.7. The quantitative estimate of drug-likeness (QED) is 0.705. The Morgan fingerprint density at radius 2 is 2.00 bits per heavy atom. The van der Waals surface area contributed by atoms with E-state index in [1.807, 2.05) is 12.1 Å². The Bertz CT molecular complexity index is 826. The third-order valence-electron chi connectivity index (χ3n) is 3.00. The molecule has 0 bridgehead atoms. The molecule has 0 aliphatic rings. The number of hydrogen-bond donors (Lipinski definition) is 1. The Balaban J connectivity index is 1.92. The second-order valence-electron chi connectivity index (χ2n) is 4.53. The van der Waals surface area contributed by atoms with E-state index in [-0.39, 0.29) is 11.7 Å². The summed E-state index contributed by atoms with van der Waals surface area (Å²) in [6, 6.07) is 9.31. The van der Waals surface area contributed by atoms with E-state index in [0.717, 1.165) is 8.66 Å². The van der Waals surface area contributed by atoms with E-state index >= 15 is 0 Å². The molecule has 0 spiro atoms. The van der Waals surface area contributed by atoms with Gasteiger partial charge in [-0.05, 0) is 59.3 Å². The van der Waals surface area contributed by atoms with E-state index in [1.54, 1.807) is 6.92 Å². The standard InChI is InChI=1S/C15H10BrFN2O2S/c1-8-13(14(19-21-8)11-6-7-12(16)22-11)15(20)18-10-4-2-9(17)3-5-10/h2-7H,1H3,(H,18,20). The van der Waals surface area contributed by atoms with Crippen LogP contribution in [0.2, 0.25) is 0 Å². The summed E-state index contributed by atoms with van der Waals surface area (Å²) in [6.45, 7) is 1.68. The average Bonchev–Trinajstić information content (AvgIpc) is 3.07. The lowest BCUT2D eigenvalue weighted by molar-refractivity contribution is 0.102. The largest absolute Gasteiger partial charge is 0.360 e. The number of amides is 1. The molecular weight excluding hydrogens is 371 g/mol. The van der Waals surface area contributed by atoms with E-state index in [2.05, 4.69) is 26.4 Å². The van der Waals surface area contributed by atoms with Crippen molar-refractivity contribution in [3.63, 3.8) is 0 Å². The number of nitrogens with one attached hydrogen (secondary N) is 1. The first-order valence-corrected chi connectivity index (χ1v) is 7.94. The fraction of sp³-hybridized carbons (Fsp3) is 0.0667. The van der Waals surface area contributed by atoms with Crippen LogP contribution in [0, 0.1) is 12.7 Å². The van der Waals surface area contributed by atoms with Gasteiger partial charge >= 0.3 is 0 Å². The third kappa shape index (κ3) is 2.95. The predicted molar refractivity (Wildman–Crippen MR) is 86.6 cm³/mol. The predicted octanol–water partition coefficient (Wildman–Crippen LogP) is 4.87. The van der Waals surface area contributed by atoms with Crippen LogP contribution in [0.15, 0.2) is 44.7 Å². The molecule has 3 aromatic rings. The molecule has 0 aliphatic heterocycles. The maximum atomic E-state index is 12.9. The van der Waals surface area contributed by atoms with Crippen molar-refractivity contribution in [2.45, 2.75) is 6.92 Å². The van der Waals surface area contributed by atoms with E-state index in [4.69, 9.17) is 4.52 Å². The van der Waals surface area contributed by atoms with Crippen molar-refractivity contribution in [2.75, 3.05) is 5.32 Å². The lowest BCUT2D eigenvalue weighted by atomic mass is 10.1. The van der Waals surface area contributed by atoms with Gasteiger partial charge in [0.1, 0.15) is 22.8 Å². The van der Waals surface area contributed by atoms with Gasteiger partial charge in [-0.2, -0.15) is 0 Å². The second kappa shape index (κ2) is 6.02. The maximum Gasteiger partial charge on any atom is 0.261 e. The average molecular weight is 381 g/mol. The summed E-state index contributed by atoms with van der Waals surface area (Å²) in [5.41, 5.74) is 1.37. The number of nitrogens with zero attached hydrogens (tertiary/aromatic N) is 1. The van der Waals surface area contributed by atoms with Gasteiger partial charge in [0.15, 0.2) is 0 Å². The van der Waals surface area contributed by atoms with Crippen LogP contribution in [0.1, 0.15) is 16.1 Å². The highest BCUT2D eigenvalue weighted by Crippen LogP contribution is 2.34. The van der Waals surface area contributed by atoms with Crippen LogP contribution in [-0.4, -0.2) is 11.1 Å². The molecule has 0 aliphatic carbocycles. The van der Waals surface area contributed by atoms with Crippen molar-refractivity contribution in [1.82, 2.24) is 5.16 Å². The zero-order valence-corrected chi connectivity index (χ0v) is 13.8. The van der Waals surface area contributed by atoms with Crippen molar-refractivity contribution in [3.8, 4) is 10.6 Å². The van der Waals surface area contributed by atoms with Crippen LogP contribution in [0.5, 0.6) is 0 Å². The number of rotatable bonds is 3. The van der Waals surface area contributed by atoms with Crippen molar-refractivity contribution in [2.24, 2.45) is 0 Å². The number of aryl methyl sites for hydroxylation is 1. The van der Waals surface area contributed by atoms with Gasteiger partial charge in [-0.15, -0.1) is 11.3 Å². The Morgan fingerprint density at radius 3 is 2.64 bits per heavy atom. The van der Waals surface area contributed by atoms with E-state index in [1.165, 1.54) is 35.6 Å². The molecular formula is C15H10BrFN2O2S. The summed E-state index contributed by atoms with van der Waals surface area (Å²) in [4.78, 5) is 13.3. The topological polar surface area (TPSA) is 55.1 Å². The van der Waals surface area contributed by atoms with Gasteiger partial charge in [0.25, 0.3) is 5.91 Å². The molecule has 0 atom stereocenters. The minimum Gasteiger partial charge on any atom is -0.360 e. The maximum absolute atomic E-state index is 12.9. The molecule has 0 radical (unpaired) electrons. The summed E-state index contributed by atoms with van der Waals surface area (Å²) in [5.74, 6) is -0.271. The Kier molecular flexibility index (Phi) is 4.08. The summed E-state index contributed by atoms with van der Waals surface area (Å²) < 4.78 is 19.0. The minimum atomic E-state index is -0.358. The number of thiophene rings is 1. The highest BCUT2D eigenvalue weighted by molar-refractivity contribution is 9.11. The number of halogens is 2. The Morgan fingerprint density at radius 1 is 1.27 bits per heavy atom. The first-order valence-electron chi connectivity index (χ1n) is 6.33. The Labute approximate surface area is 138 Å². The molecule has 1 N–H and O–H groups in total. The molecule has 2 heterocycles. The smallest absolute Gasteiger partial charge is 0.261 e. The van der Waals surface area contributed by atoms with Gasteiger partial charge in [0.2, 0.25) is 0 Å². The van der Waals surface area contributed by atoms with Crippen molar-refractivity contribution in [1.29, 1.82) is 0 Å². The molecule has 7 heteroatoms. The Hall–Kier alpha value is -1.99. The minimum absolute atomic E-state index is 0.343. The molecule has 3 rings (SSSR count). The molecule has 0 saturated heterocycles. The summed E-state index contributed by atoms with van der Waals surface area (Å²) in [6.07, 6.45) is 0. The van der Waals surface area contributed by atoms with Crippen LogP contribution in [0.25, 0.3) is 10.6 Å². The van der Waals surface area contributed by atoms with Gasteiger partial charge in [0, 0.05) is 5.69 Å². The molecule has 0 fully saturated rings. The van der Waals surface area contributed by atoms with Gasteiger partial charge in [0.05, 0.1) is 8.66 Å². The van der Waals surface area contributed by atoms with Crippen LogP contribution >= 0.6 is 27.3 Å². The fourth-order valence-electron chi connectivity index (χ4n) is 1.98. The molecule has 0 unspecified atom stereocenters. The number of hydrogen-bond acceptors (Lipinski definition) is 4. The zero-order valence-electron chi connectivity index (χ0n) is 11.4. The van der Waals surface area contributed by atoms with Crippen molar-refractivity contribution >= 4 is 38.9 Å². The number of benzene rings is 1. The lowest BCUT2D eigenvalue weighted by Gasteiger charge is -2.05. The third-order valence-corrected chi connectivity index (χ3v) is 4.63. The van der Waals surface area contributed by atoms with Crippen LogP contribution in [0.3, 0.4) is 0 Å². The highest BCUT2D eigenvalue weighted by Gasteiger charge is 2.22. The monoisotopic (exact) mass is 380 g/mol. The first-order chi connectivity index (χ1) is 10.5. The van der Waals surface area contributed by atoms with Crippen molar-refractivity contribution < 1.29 is 13.7 Å². The summed E-state index contributed by atoms with van der Waals surface area (Å²) in [7, 11) is 0. The van der Waals surface area contributed by atoms with E-state index in [9.17, 15) is 9.18 Å². The van der Waals surface area contributed by atoms with E-state index < -0.39 is 0 Å². The molecule has 2 aromatic heterocycles. The molecule has 22 heavy (non-hydrogen) atoms. The number of carbonyl (C=O) groups is 1. The van der Waals surface area contributed by atoms with Gasteiger partial charge in [-0.25, -0.2) is 4.39 Å². The number of aromatic nitrogens is 1. The zero-order chi connectivity index (χ0) is 15.7. The first kappa shape index (κ1) is 14.9.